The first-order valence-electron chi connectivity index (χ1n) is 6.01. The minimum atomic E-state index is -0.101. The number of carbonyl (C=O) groups excluding carboxylic acids is 1. The normalized spacial score (nSPS) is 14.5. The van der Waals surface area contributed by atoms with E-state index in [0.717, 1.165) is 36.6 Å². The van der Waals surface area contributed by atoms with Crippen molar-refractivity contribution in [3.8, 4) is 0 Å². The molecule has 0 aromatic carbocycles. The monoisotopic (exact) mass is 286 g/mol. The summed E-state index contributed by atoms with van der Waals surface area (Å²) in [5.74, 6) is 1.33. The molecule has 0 atom stereocenters. The van der Waals surface area contributed by atoms with Crippen LogP contribution in [0.1, 0.15) is 29.6 Å². The molecule has 0 unspecified atom stereocenters. The van der Waals surface area contributed by atoms with Gasteiger partial charge in [0, 0.05) is 12.6 Å². The van der Waals surface area contributed by atoms with Crippen LogP contribution < -0.4 is 16.4 Å². The van der Waals surface area contributed by atoms with Crippen LogP contribution in [0.25, 0.3) is 0 Å². The van der Waals surface area contributed by atoms with Crippen molar-refractivity contribution < 1.29 is 4.79 Å². The molecule has 4 N–H and O–H groups in total. The number of rotatable bonds is 7. The summed E-state index contributed by atoms with van der Waals surface area (Å²) in [6.07, 6.45) is 5.28. The van der Waals surface area contributed by atoms with E-state index in [1.54, 1.807) is 0 Å². The predicted molar refractivity (Wildman–Crippen MR) is 78.5 cm³/mol. The minimum Gasteiger partial charge on any atom is -0.382 e. The number of nitrogen functional groups attached to an aromatic ring is 1. The quantitative estimate of drug-likeness (QED) is 0.666. The van der Waals surface area contributed by atoms with E-state index in [2.05, 4.69) is 21.3 Å². The zero-order valence-electron chi connectivity index (χ0n) is 10.4. The third-order valence-electron chi connectivity index (χ3n) is 2.67. The Labute approximate surface area is 115 Å². The zero-order chi connectivity index (χ0) is 13.0. The largest absolute Gasteiger partial charge is 0.382 e. The highest BCUT2D eigenvalue weighted by atomic mass is 32.2. The maximum Gasteiger partial charge on any atom is 0.258 e. The number of hydrogen-bond acceptors (Lipinski definition) is 6. The third kappa shape index (κ3) is 3.52. The lowest BCUT2D eigenvalue weighted by atomic mass is 10.3. The van der Waals surface area contributed by atoms with E-state index in [4.69, 9.17) is 5.73 Å². The Kier molecular flexibility index (Phi) is 4.71. The Morgan fingerprint density at radius 2 is 2.39 bits per heavy atom. The van der Waals surface area contributed by atoms with Crippen molar-refractivity contribution in [2.45, 2.75) is 25.3 Å². The SMILES string of the molecule is CSCCCNc1snc(N)c1C(=O)NC1CC1. The fourth-order valence-corrected chi connectivity index (χ4v) is 2.72. The molecule has 5 nitrogen and oxygen atoms in total. The van der Waals surface area contributed by atoms with Gasteiger partial charge in [-0.2, -0.15) is 16.1 Å². The van der Waals surface area contributed by atoms with Crippen molar-refractivity contribution in [1.29, 1.82) is 0 Å². The highest BCUT2D eigenvalue weighted by Gasteiger charge is 2.27. The third-order valence-corrected chi connectivity index (χ3v) is 4.18. The van der Waals surface area contributed by atoms with E-state index in [-0.39, 0.29) is 5.91 Å². The summed E-state index contributed by atoms with van der Waals surface area (Å²) in [4.78, 5) is 12.0. The average molecular weight is 286 g/mol. The molecule has 1 aliphatic carbocycles. The predicted octanol–water partition coefficient (Wildman–Crippen LogP) is 1.78. The molecule has 7 heteroatoms. The maximum absolute atomic E-state index is 12.0. The lowest BCUT2D eigenvalue weighted by Gasteiger charge is -2.07. The number of carbonyl (C=O) groups is 1. The Hall–Kier alpha value is -0.950. The maximum atomic E-state index is 12.0. The van der Waals surface area contributed by atoms with Crippen molar-refractivity contribution in [1.82, 2.24) is 9.69 Å². The molecule has 1 aromatic rings. The van der Waals surface area contributed by atoms with Gasteiger partial charge in [-0.1, -0.05) is 0 Å². The number of thioether (sulfide) groups is 1. The van der Waals surface area contributed by atoms with Gasteiger partial charge >= 0.3 is 0 Å². The van der Waals surface area contributed by atoms with Crippen LogP contribution in [0.15, 0.2) is 0 Å². The van der Waals surface area contributed by atoms with Gasteiger partial charge < -0.3 is 16.4 Å². The summed E-state index contributed by atoms with van der Waals surface area (Å²) < 4.78 is 4.06. The fraction of sp³-hybridized carbons (Fsp3) is 0.636. The summed E-state index contributed by atoms with van der Waals surface area (Å²) in [7, 11) is 0. The standard InChI is InChI=1S/C11H18N4OS2/c1-17-6-2-5-13-11-8(9(12)15-18-11)10(16)14-7-3-4-7/h7,13H,2-6H2,1H3,(H2,12,15)(H,14,16). The van der Waals surface area contributed by atoms with Crippen LogP contribution in [0.2, 0.25) is 0 Å². The topological polar surface area (TPSA) is 80.0 Å². The molecule has 18 heavy (non-hydrogen) atoms. The molecule has 1 amide bonds. The number of nitrogens with two attached hydrogens (primary N) is 1. The Morgan fingerprint density at radius 3 is 3.06 bits per heavy atom. The van der Waals surface area contributed by atoms with Gasteiger partial charge in [-0.3, -0.25) is 4.79 Å². The van der Waals surface area contributed by atoms with Crippen molar-refractivity contribution in [3.63, 3.8) is 0 Å². The smallest absolute Gasteiger partial charge is 0.258 e. The molecule has 1 aromatic heterocycles. The number of anilines is 2. The van der Waals surface area contributed by atoms with Crippen LogP contribution >= 0.6 is 23.3 Å². The number of hydrogen-bond donors (Lipinski definition) is 3. The summed E-state index contributed by atoms with van der Waals surface area (Å²) in [6, 6.07) is 0.334. The molecular weight excluding hydrogens is 268 g/mol. The molecule has 0 aliphatic heterocycles. The van der Waals surface area contributed by atoms with E-state index < -0.39 is 0 Å². The summed E-state index contributed by atoms with van der Waals surface area (Å²) >= 11 is 3.07. The van der Waals surface area contributed by atoms with Crippen LogP contribution in [0, 0.1) is 0 Å². The van der Waals surface area contributed by atoms with Crippen LogP contribution in [-0.4, -0.2) is 34.9 Å². The zero-order valence-corrected chi connectivity index (χ0v) is 12.0. The molecule has 0 bridgehead atoms. The van der Waals surface area contributed by atoms with Gasteiger partial charge in [-0.05, 0) is 42.8 Å². The van der Waals surface area contributed by atoms with E-state index in [0.29, 0.717) is 17.4 Å². The van der Waals surface area contributed by atoms with Crippen molar-refractivity contribution in [2.75, 3.05) is 29.6 Å². The number of nitrogens with zero attached hydrogens (tertiary/aromatic N) is 1. The van der Waals surface area contributed by atoms with Crippen LogP contribution in [-0.2, 0) is 0 Å². The number of nitrogens with one attached hydrogen (secondary N) is 2. The van der Waals surface area contributed by atoms with E-state index in [1.165, 1.54) is 11.5 Å². The Balaban J connectivity index is 1.94. The van der Waals surface area contributed by atoms with Gasteiger partial charge in [0.25, 0.3) is 5.91 Å². The number of amides is 1. The van der Waals surface area contributed by atoms with E-state index in [1.807, 2.05) is 11.8 Å². The van der Waals surface area contributed by atoms with Crippen LogP contribution in [0.3, 0.4) is 0 Å². The molecule has 1 heterocycles. The van der Waals surface area contributed by atoms with Gasteiger partial charge in [0.15, 0.2) is 5.82 Å². The Morgan fingerprint density at radius 1 is 1.61 bits per heavy atom. The summed E-state index contributed by atoms with van der Waals surface area (Å²) in [5, 5.41) is 6.97. The molecule has 1 fully saturated rings. The second-order valence-electron chi connectivity index (χ2n) is 4.29. The Bertz CT molecular complexity index is 417. The van der Waals surface area contributed by atoms with Crippen LogP contribution in [0.5, 0.6) is 0 Å². The van der Waals surface area contributed by atoms with Gasteiger partial charge in [0.2, 0.25) is 0 Å². The molecule has 100 valence electrons. The van der Waals surface area contributed by atoms with Gasteiger partial charge in [0.05, 0.1) is 0 Å². The summed E-state index contributed by atoms with van der Waals surface area (Å²) in [5.41, 5.74) is 6.27. The average Bonchev–Trinajstić information content (AvgIpc) is 3.07. The molecule has 0 radical (unpaired) electrons. The van der Waals surface area contributed by atoms with Crippen molar-refractivity contribution >= 4 is 40.0 Å². The van der Waals surface area contributed by atoms with Gasteiger partial charge in [0.1, 0.15) is 10.6 Å². The van der Waals surface area contributed by atoms with E-state index in [9.17, 15) is 4.79 Å². The first kappa shape index (κ1) is 13.5. The molecule has 2 rings (SSSR count). The first-order valence-corrected chi connectivity index (χ1v) is 8.18. The molecular formula is C11H18N4OS2. The second kappa shape index (κ2) is 6.29. The highest BCUT2D eigenvalue weighted by molar-refractivity contribution is 7.98. The lowest BCUT2D eigenvalue weighted by molar-refractivity contribution is 0.0953. The molecule has 0 saturated heterocycles. The molecule has 1 saturated carbocycles. The lowest BCUT2D eigenvalue weighted by Crippen LogP contribution is -2.26. The van der Waals surface area contributed by atoms with Crippen LogP contribution in [0.4, 0.5) is 10.8 Å². The van der Waals surface area contributed by atoms with Gasteiger partial charge in [-0.25, -0.2) is 0 Å². The van der Waals surface area contributed by atoms with Crippen molar-refractivity contribution in [3.05, 3.63) is 5.56 Å². The highest BCUT2D eigenvalue weighted by Crippen LogP contribution is 2.28. The molecule has 1 aliphatic rings. The minimum absolute atomic E-state index is 0.101. The number of aromatic nitrogens is 1. The first-order chi connectivity index (χ1) is 8.72. The molecule has 0 spiro atoms. The van der Waals surface area contributed by atoms with E-state index >= 15 is 0 Å². The van der Waals surface area contributed by atoms with Gasteiger partial charge in [-0.15, -0.1) is 0 Å². The second-order valence-corrected chi connectivity index (χ2v) is 6.05. The fourth-order valence-electron chi connectivity index (χ4n) is 1.55. The summed E-state index contributed by atoms with van der Waals surface area (Å²) in [6.45, 7) is 0.839. The van der Waals surface area contributed by atoms with Crippen molar-refractivity contribution in [2.24, 2.45) is 0 Å².